The average Bonchev–Trinajstić information content (AvgIpc) is 2.28. The maximum absolute atomic E-state index is 11.5. The van der Waals surface area contributed by atoms with Crippen LogP contribution >= 0.6 is 0 Å². The molecule has 0 amide bonds. The zero-order chi connectivity index (χ0) is 13.6. The number of esters is 1. The van der Waals surface area contributed by atoms with Crippen LogP contribution in [-0.2, 0) is 19.4 Å². The number of carbonyl (C=O) groups excluding carboxylic acids is 1. The summed E-state index contributed by atoms with van der Waals surface area (Å²) < 4.78 is 27.8. The minimum Gasteiger partial charge on any atom is -0.466 e. The first-order valence-corrected chi connectivity index (χ1v) is 7.45. The van der Waals surface area contributed by atoms with E-state index in [2.05, 4.69) is 0 Å². The lowest BCUT2D eigenvalue weighted by molar-refractivity contribution is -0.142. The predicted octanol–water partition coefficient (Wildman–Crippen LogP) is 2.06. The maximum atomic E-state index is 11.5. The van der Waals surface area contributed by atoms with Crippen LogP contribution in [0.2, 0.25) is 0 Å². The van der Waals surface area contributed by atoms with E-state index in [1.807, 2.05) is 0 Å². The molecule has 0 aliphatic carbocycles. The Labute approximate surface area is 107 Å². The molecular weight excluding hydrogens is 252 g/mol. The van der Waals surface area contributed by atoms with E-state index in [-0.39, 0.29) is 17.3 Å². The van der Waals surface area contributed by atoms with Gasteiger partial charge in [-0.1, -0.05) is 30.4 Å². The second-order valence-corrected chi connectivity index (χ2v) is 5.71. The Morgan fingerprint density at radius 1 is 1.33 bits per heavy atom. The monoisotopic (exact) mass is 268 g/mol. The fraction of sp³-hybridized carbons (Fsp3) is 0.308. The van der Waals surface area contributed by atoms with Crippen molar-refractivity contribution in [2.24, 2.45) is 0 Å². The smallest absolute Gasteiger partial charge is 0.309 e. The lowest BCUT2D eigenvalue weighted by Crippen LogP contribution is -2.02. The number of sulfone groups is 1. The fourth-order valence-corrected chi connectivity index (χ4v) is 2.35. The number of rotatable bonds is 5. The van der Waals surface area contributed by atoms with Crippen LogP contribution in [0.25, 0.3) is 6.08 Å². The van der Waals surface area contributed by atoms with Crippen LogP contribution in [0.3, 0.4) is 0 Å². The van der Waals surface area contributed by atoms with Crippen molar-refractivity contribution in [1.82, 2.24) is 0 Å². The van der Waals surface area contributed by atoms with Crippen LogP contribution in [-0.4, -0.2) is 27.2 Å². The Morgan fingerprint density at radius 2 is 2.00 bits per heavy atom. The molecule has 0 N–H and O–H groups in total. The summed E-state index contributed by atoms with van der Waals surface area (Å²) in [4.78, 5) is 11.4. The van der Waals surface area contributed by atoms with E-state index >= 15 is 0 Å². The summed E-state index contributed by atoms with van der Waals surface area (Å²) in [5.41, 5.74) is 0.573. The van der Waals surface area contributed by atoms with Crippen molar-refractivity contribution in [1.29, 1.82) is 0 Å². The molecule has 18 heavy (non-hydrogen) atoms. The third-order valence-electron chi connectivity index (χ3n) is 2.21. The van der Waals surface area contributed by atoms with Gasteiger partial charge >= 0.3 is 5.97 Å². The highest BCUT2D eigenvalue weighted by atomic mass is 32.2. The van der Waals surface area contributed by atoms with Crippen molar-refractivity contribution in [3.8, 4) is 0 Å². The van der Waals surface area contributed by atoms with Crippen molar-refractivity contribution in [2.45, 2.75) is 18.2 Å². The molecule has 1 aromatic carbocycles. The molecule has 0 aliphatic rings. The molecule has 0 atom stereocenters. The molecule has 5 heteroatoms. The van der Waals surface area contributed by atoms with Gasteiger partial charge in [-0.2, -0.15) is 0 Å². The van der Waals surface area contributed by atoms with Crippen LogP contribution in [0.4, 0.5) is 0 Å². The fourth-order valence-electron chi connectivity index (χ4n) is 1.46. The summed E-state index contributed by atoms with van der Waals surface area (Å²) in [6, 6.07) is 6.65. The number of carbonyl (C=O) groups is 1. The van der Waals surface area contributed by atoms with E-state index in [1.165, 1.54) is 0 Å². The molecule has 0 heterocycles. The second-order valence-electron chi connectivity index (χ2n) is 3.72. The quantitative estimate of drug-likeness (QED) is 0.767. The van der Waals surface area contributed by atoms with Gasteiger partial charge in [0, 0.05) is 6.26 Å². The minimum absolute atomic E-state index is 0.131. The van der Waals surface area contributed by atoms with E-state index in [1.54, 1.807) is 43.3 Å². The van der Waals surface area contributed by atoms with Crippen LogP contribution in [0, 0.1) is 0 Å². The predicted molar refractivity (Wildman–Crippen MR) is 69.8 cm³/mol. The van der Waals surface area contributed by atoms with Crippen LogP contribution in [0.1, 0.15) is 18.9 Å². The molecule has 4 nitrogen and oxygen atoms in total. The third-order valence-corrected chi connectivity index (χ3v) is 3.38. The Kier molecular flexibility index (Phi) is 5.09. The zero-order valence-corrected chi connectivity index (χ0v) is 11.2. The van der Waals surface area contributed by atoms with Gasteiger partial charge in [-0.15, -0.1) is 0 Å². The lowest BCUT2D eigenvalue weighted by Gasteiger charge is -2.03. The summed E-state index contributed by atoms with van der Waals surface area (Å²) in [6.07, 6.45) is 4.51. The minimum atomic E-state index is -3.26. The van der Waals surface area contributed by atoms with Crippen molar-refractivity contribution >= 4 is 21.9 Å². The summed E-state index contributed by atoms with van der Waals surface area (Å²) in [6.45, 7) is 2.08. The molecule has 0 spiro atoms. The molecule has 0 saturated carbocycles. The van der Waals surface area contributed by atoms with E-state index in [0.717, 1.165) is 6.26 Å². The van der Waals surface area contributed by atoms with Gasteiger partial charge in [-0.25, -0.2) is 8.42 Å². The highest BCUT2D eigenvalue weighted by Crippen LogP contribution is 2.16. The van der Waals surface area contributed by atoms with E-state index < -0.39 is 9.84 Å². The Bertz CT molecular complexity index is 544. The SMILES string of the molecule is CCOC(=O)CC=Cc1ccccc1S(C)(=O)=O. The largest absolute Gasteiger partial charge is 0.466 e. The van der Waals surface area contributed by atoms with E-state index in [4.69, 9.17) is 4.74 Å². The van der Waals surface area contributed by atoms with E-state index in [9.17, 15) is 13.2 Å². The highest BCUT2D eigenvalue weighted by Gasteiger charge is 2.10. The average molecular weight is 268 g/mol. The Balaban J connectivity index is 2.86. The summed E-state index contributed by atoms with van der Waals surface area (Å²) in [5.74, 6) is -0.328. The first-order chi connectivity index (χ1) is 8.45. The molecule has 0 radical (unpaired) electrons. The van der Waals surface area contributed by atoms with Gasteiger partial charge in [0.05, 0.1) is 17.9 Å². The number of hydrogen-bond donors (Lipinski definition) is 0. The van der Waals surface area contributed by atoms with Gasteiger partial charge in [0.2, 0.25) is 0 Å². The number of benzene rings is 1. The molecule has 0 aromatic heterocycles. The van der Waals surface area contributed by atoms with Gasteiger partial charge < -0.3 is 4.74 Å². The van der Waals surface area contributed by atoms with Crippen molar-refractivity contribution in [2.75, 3.05) is 12.9 Å². The number of hydrogen-bond acceptors (Lipinski definition) is 4. The van der Waals surface area contributed by atoms with Crippen molar-refractivity contribution in [3.63, 3.8) is 0 Å². The van der Waals surface area contributed by atoms with Gasteiger partial charge in [-0.05, 0) is 18.6 Å². The van der Waals surface area contributed by atoms with Crippen molar-refractivity contribution < 1.29 is 17.9 Å². The van der Waals surface area contributed by atoms with Gasteiger partial charge in [0.15, 0.2) is 9.84 Å². The highest BCUT2D eigenvalue weighted by molar-refractivity contribution is 7.90. The Hall–Kier alpha value is -1.62. The van der Waals surface area contributed by atoms with Gasteiger partial charge in [-0.3, -0.25) is 4.79 Å². The first kappa shape index (κ1) is 14.4. The van der Waals surface area contributed by atoms with E-state index in [0.29, 0.717) is 12.2 Å². The molecule has 0 aliphatic heterocycles. The molecule has 0 bridgehead atoms. The molecule has 0 saturated heterocycles. The molecule has 98 valence electrons. The standard InChI is InChI=1S/C13H16O4S/c1-3-17-13(14)10-6-8-11-7-4-5-9-12(11)18(2,15)16/h4-9H,3,10H2,1-2H3. The van der Waals surface area contributed by atoms with Crippen molar-refractivity contribution in [3.05, 3.63) is 35.9 Å². The summed E-state index contributed by atoms with van der Waals surface area (Å²) in [7, 11) is -3.26. The van der Waals surface area contributed by atoms with Crippen LogP contribution in [0.15, 0.2) is 35.2 Å². The zero-order valence-electron chi connectivity index (χ0n) is 10.4. The second kappa shape index (κ2) is 6.35. The number of ether oxygens (including phenoxy) is 1. The maximum Gasteiger partial charge on any atom is 0.309 e. The molecule has 1 aromatic rings. The molecular formula is C13H16O4S. The summed E-state index contributed by atoms with van der Waals surface area (Å²) >= 11 is 0. The normalized spacial score (nSPS) is 11.7. The first-order valence-electron chi connectivity index (χ1n) is 5.56. The topological polar surface area (TPSA) is 60.4 Å². The Morgan fingerprint density at radius 3 is 2.61 bits per heavy atom. The molecule has 0 unspecified atom stereocenters. The van der Waals surface area contributed by atoms with Crippen LogP contribution < -0.4 is 0 Å². The third kappa shape index (κ3) is 4.33. The summed E-state index contributed by atoms with van der Waals surface area (Å²) in [5, 5.41) is 0. The molecule has 1 rings (SSSR count). The lowest BCUT2D eigenvalue weighted by atomic mass is 10.2. The van der Waals surface area contributed by atoms with Gasteiger partial charge in [0.25, 0.3) is 0 Å². The molecule has 0 fully saturated rings. The van der Waals surface area contributed by atoms with Gasteiger partial charge in [0.1, 0.15) is 0 Å². The van der Waals surface area contributed by atoms with Crippen LogP contribution in [0.5, 0.6) is 0 Å².